The van der Waals surface area contributed by atoms with Crippen LogP contribution in [0.1, 0.15) is 32.6 Å². The molecule has 1 aromatic rings. The number of thioether (sulfide) groups is 1. The number of nitrogens with one attached hydrogen (secondary N) is 1. The number of hydrogen-bond acceptors (Lipinski definition) is 3. The molecule has 18 heavy (non-hydrogen) atoms. The van der Waals surface area contributed by atoms with Crippen molar-refractivity contribution in [3.8, 4) is 0 Å². The molecule has 2 unspecified atom stereocenters. The molecule has 1 fully saturated rings. The van der Waals surface area contributed by atoms with Crippen LogP contribution in [0.3, 0.4) is 0 Å². The Balaban J connectivity index is 1.98. The van der Waals surface area contributed by atoms with Gasteiger partial charge >= 0.3 is 0 Å². The fourth-order valence-corrected chi connectivity index (χ4v) is 4.22. The van der Waals surface area contributed by atoms with Crippen LogP contribution in [0.15, 0.2) is 35.2 Å². The number of aliphatic hydroxyl groups is 1. The SMILES string of the molecule is CCNC1(CO)CCCC(Sc2ccccc2)C1. The first-order chi connectivity index (χ1) is 8.78. The van der Waals surface area contributed by atoms with Crippen LogP contribution in [0.4, 0.5) is 0 Å². The second-order valence-electron chi connectivity index (χ2n) is 5.12. The molecule has 0 bridgehead atoms. The lowest BCUT2D eigenvalue weighted by Gasteiger charge is -2.40. The average Bonchev–Trinajstić information content (AvgIpc) is 2.41. The largest absolute Gasteiger partial charge is 0.394 e. The normalized spacial score (nSPS) is 28.2. The van der Waals surface area contributed by atoms with Gasteiger partial charge in [-0.2, -0.15) is 0 Å². The molecule has 0 spiro atoms. The van der Waals surface area contributed by atoms with E-state index in [0.29, 0.717) is 5.25 Å². The molecule has 2 rings (SSSR count). The van der Waals surface area contributed by atoms with Gasteiger partial charge in [0.25, 0.3) is 0 Å². The molecule has 3 heteroatoms. The van der Waals surface area contributed by atoms with Crippen molar-refractivity contribution in [3.63, 3.8) is 0 Å². The first-order valence-electron chi connectivity index (χ1n) is 6.85. The molecule has 1 saturated carbocycles. The van der Waals surface area contributed by atoms with Gasteiger partial charge in [0.2, 0.25) is 0 Å². The minimum absolute atomic E-state index is 0.0422. The second kappa shape index (κ2) is 6.60. The highest BCUT2D eigenvalue weighted by atomic mass is 32.2. The molecule has 0 saturated heterocycles. The lowest BCUT2D eigenvalue weighted by Crippen LogP contribution is -2.52. The first-order valence-corrected chi connectivity index (χ1v) is 7.73. The molecule has 1 aromatic carbocycles. The smallest absolute Gasteiger partial charge is 0.0613 e. The summed E-state index contributed by atoms with van der Waals surface area (Å²) >= 11 is 1.96. The van der Waals surface area contributed by atoms with E-state index in [9.17, 15) is 5.11 Å². The first kappa shape index (κ1) is 13.9. The van der Waals surface area contributed by atoms with Gasteiger partial charge in [-0.25, -0.2) is 0 Å². The molecule has 100 valence electrons. The highest BCUT2D eigenvalue weighted by Crippen LogP contribution is 2.38. The van der Waals surface area contributed by atoms with Crippen molar-refractivity contribution < 1.29 is 5.11 Å². The van der Waals surface area contributed by atoms with Crippen molar-refractivity contribution in [2.24, 2.45) is 0 Å². The van der Waals surface area contributed by atoms with E-state index in [2.05, 4.69) is 42.6 Å². The van der Waals surface area contributed by atoms with E-state index < -0.39 is 0 Å². The summed E-state index contributed by atoms with van der Waals surface area (Å²) in [6, 6.07) is 10.6. The van der Waals surface area contributed by atoms with Crippen LogP contribution >= 0.6 is 11.8 Å². The maximum Gasteiger partial charge on any atom is 0.0613 e. The van der Waals surface area contributed by atoms with Crippen LogP contribution in [-0.4, -0.2) is 29.0 Å². The Morgan fingerprint density at radius 2 is 2.17 bits per heavy atom. The molecular formula is C15H23NOS. The second-order valence-corrected chi connectivity index (χ2v) is 6.49. The van der Waals surface area contributed by atoms with Crippen molar-refractivity contribution in [3.05, 3.63) is 30.3 Å². The molecule has 2 N–H and O–H groups in total. The van der Waals surface area contributed by atoms with E-state index in [-0.39, 0.29) is 12.1 Å². The zero-order valence-electron chi connectivity index (χ0n) is 11.1. The monoisotopic (exact) mass is 265 g/mol. The van der Waals surface area contributed by atoms with Gasteiger partial charge in [-0.15, -0.1) is 11.8 Å². The summed E-state index contributed by atoms with van der Waals surface area (Å²) in [5, 5.41) is 13.8. The van der Waals surface area contributed by atoms with E-state index in [1.807, 2.05) is 11.8 Å². The van der Waals surface area contributed by atoms with E-state index in [0.717, 1.165) is 19.4 Å². The predicted molar refractivity (Wildman–Crippen MR) is 78.0 cm³/mol. The third-order valence-electron chi connectivity index (χ3n) is 3.70. The molecule has 0 aromatic heterocycles. The predicted octanol–water partition coefficient (Wildman–Crippen LogP) is 3.06. The standard InChI is InChI=1S/C15H23NOS/c1-2-16-15(12-17)10-6-9-14(11-15)18-13-7-4-3-5-8-13/h3-5,7-8,14,16-17H,2,6,9-12H2,1H3. The minimum atomic E-state index is -0.0422. The van der Waals surface area contributed by atoms with Crippen LogP contribution in [0, 0.1) is 0 Å². The van der Waals surface area contributed by atoms with Gasteiger partial charge in [0, 0.05) is 15.7 Å². The summed E-state index contributed by atoms with van der Waals surface area (Å²) in [6.07, 6.45) is 4.63. The summed E-state index contributed by atoms with van der Waals surface area (Å²) < 4.78 is 0. The molecule has 1 aliphatic carbocycles. The van der Waals surface area contributed by atoms with Gasteiger partial charge in [-0.1, -0.05) is 31.5 Å². The van der Waals surface area contributed by atoms with Gasteiger partial charge in [0.15, 0.2) is 0 Å². The molecule has 0 heterocycles. The quantitative estimate of drug-likeness (QED) is 0.858. The minimum Gasteiger partial charge on any atom is -0.394 e. The van der Waals surface area contributed by atoms with Crippen molar-refractivity contribution in [2.75, 3.05) is 13.2 Å². The Bertz CT molecular complexity index is 353. The van der Waals surface area contributed by atoms with Crippen LogP contribution in [0.25, 0.3) is 0 Å². The van der Waals surface area contributed by atoms with E-state index in [1.54, 1.807) is 0 Å². The fourth-order valence-electron chi connectivity index (χ4n) is 2.84. The third kappa shape index (κ3) is 3.50. The molecular weight excluding hydrogens is 242 g/mol. The van der Waals surface area contributed by atoms with Gasteiger partial charge < -0.3 is 10.4 Å². The number of benzene rings is 1. The van der Waals surface area contributed by atoms with Gasteiger partial charge in [0.05, 0.1) is 6.61 Å². The Kier molecular flexibility index (Phi) is 5.10. The zero-order chi connectivity index (χ0) is 12.8. The number of rotatable bonds is 5. The molecule has 2 atom stereocenters. The van der Waals surface area contributed by atoms with Crippen LogP contribution < -0.4 is 5.32 Å². The highest BCUT2D eigenvalue weighted by molar-refractivity contribution is 8.00. The van der Waals surface area contributed by atoms with E-state index >= 15 is 0 Å². The summed E-state index contributed by atoms with van der Waals surface area (Å²) in [7, 11) is 0. The maximum atomic E-state index is 9.68. The fraction of sp³-hybridized carbons (Fsp3) is 0.600. The van der Waals surface area contributed by atoms with Gasteiger partial charge in [0.1, 0.15) is 0 Å². The number of aliphatic hydroxyl groups excluding tert-OH is 1. The topological polar surface area (TPSA) is 32.3 Å². The number of hydrogen-bond donors (Lipinski definition) is 2. The van der Waals surface area contributed by atoms with Gasteiger partial charge in [-0.3, -0.25) is 0 Å². The average molecular weight is 265 g/mol. The third-order valence-corrected chi connectivity index (χ3v) is 4.98. The van der Waals surface area contributed by atoms with Crippen molar-refractivity contribution >= 4 is 11.8 Å². The molecule has 1 aliphatic rings. The lowest BCUT2D eigenvalue weighted by molar-refractivity contribution is 0.125. The summed E-state index contributed by atoms with van der Waals surface area (Å²) in [6.45, 7) is 3.31. The number of likely N-dealkylation sites (N-methyl/N-ethyl adjacent to an activating group) is 1. The summed E-state index contributed by atoms with van der Waals surface area (Å²) in [5.41, 5.74) is -0.0422. The molecule has 0 radical (unpaired) electrons. The van der Waals surface area contributed by atoms with E-state index in [4.69, 9.17) is 0 Å². The van der Waals surface area contributed by atoms with Crippen molar-refractivity contribution in [2.45, 2.75) is 48.3 Å². The van der Waals surface area contributed by atoms with Gasteiger partial charge in [-0.05, 0) is 37.9 Å². The molecule has 2 nitrogen and oxygen atoms in total. The Morgan fingerprint density at radius 3 is 2.83 bits per heavy atom. The van der Waals surface area contributed by atoms with E-state index in [1.165, 1.54) is 17.7 Å². The van der Waals surface area contributed by atoms with Crippen LogP contribution in [0.2, 0.25) is 0 Å². The molecule has 0 amide bonds. The lowest BCUT2D eigenvalue weighted by atomic mass is 9.82. The summed E-state index contributed by atoms with van der Waals surface area (Å²) in [5.74, 6) is 0. The Morgan fingerprint density at radius 1 is 1.39 bits per heavy atom. The Labute approximate surface area is 114 Å². The van der Waals surface area contributed by atoms with Crippen molar-refractivity contribution in [1.82, 2.24) is 5.32 Å². The molecule has 0 aliphatic heterocycles. The zero-order valence-corrected chi connectivity index (χ0v) is 11.9. The van der Waals surface area contributed by atoms with Crippen LogP contribution in [0.5, 0.6) is 0 Å². The highest BCUT2D eigenvalue weighted by Gasteiger charge is 2.35. The van der Waals surface area contributed by atoms with Crippen LogP contribution in [-0.2, 0) is 0 Å². The maximum absolute atomic E-state index is 9.68. The Hall–Kier alpha value is -0.510. The van der Waals surface area contributed by atoms with Crippen molar-refractivity contribution in [1.29, 1.82) is 0 Å². The summed E-state index contributed by atoms with van der Waals surface area (Å²) in [4.78, 5) is 1.34.